The lowest BCUT2D eigenvalue weighted by Gasteiger charge is -2.24. The number of fused-ring (bicyclic) bond motifs is 1. The number of amides is 1. The number of rotatable bonds is 9. The first-order chi connectivity index (χ1) is 16.9. The maximum absolute atomic E-state index is 13.2. The number of carbonyl (C=O) groups is 2. The Kier molecular flexibility index (Phi) is 6.73. The van der Waals surface area contributed by atoms with Gasteiger partial charge in [0.25, 0.3) is 0 Å². The summed E-state index contributed by atoms with van der Waals surface area (Å²) in [5.74, 6) is 0.230. The number of carbonyl (C=O) groups excluding carboxylic acids is 2. The largest absolute Gasteiger partial charge is 0.495 e. The number of nitrogens with one attached hydrogen (secondary N) is 3. The minimum Gasteiger partial charge on any atom is -0.495 e. The second-order valence-corrected chi connectivity index (χ2v) is 8.32. The van der Waals surface area contributed by atoms with Crippen LogP contribution in [0.25, 0.3) is 6.08 Å². The van der Waals surface area contributed by atoms with Crippen LogP contribution in [0.15, 0.2) is 60.2 Å². The summed E-state index contributed by atoms with van der Waals surface area (Å²) in [5.41, 5.74) is 4.16. The summed E-state index contributed by atoms with van der Waals surface area (Å²) in [7, 11) is 1.61. The van der Waals surface area contributed by atoms with Gasteiger partial charge in [-0.1, -0.05) is 18.7 Å². The van der Waals surface area contributed by atoms with E-state index in [4.69, 9.17) is 14.5 Å². The maximum atomic E-state index is 13.2. The van der Waals surface area contributed by atoms with Crippen LogP contribution in [0.2, 0.25) is 0 Å². The van der Waals surface area contributed by atoms with Gasteiger partial charge < -0.3 is 25.1 Å². The Bertz CT molecular complexity index is 1290. The summed E-state index contributed by atoms with van der Waals surface area (Å²) in [4.78, 5) is 32.9. The summed E-state index contributed by atoms with van der Waals surface area (Å²) < 4.78 is 10.5. The summed E-state index contributed by atoms with van der Waals surface area (Å²) in [6.45, 7) is 7.92. The molecule has 0 aliphatic carbocycles. The molecule has 1 unspecified atom stereocenters. The van der Waals surface area contributed by atoms with E-state index in [1.807, 2.05) is 25.1 Å². The molecule has 1 atom stereocenters. The summed E-state index contributed by atoms with van der Waals surface area (Å²) in [5, 5.41) is 6.13. The summed E-state index contributed by atoms with van der Waals surface area (Å²) in [6.07, 6.45) is 5.50. The van der Waals surface area contributed by atoms with Crippen molar-refractivity contribution in [2.24, 2.45) is 4.99 Å². The first-order valence-electron chi connectivity index (χ1n) is 11.3. The Morgan fingerprint density at radius 3 is 2.66 bits per heavy atom. The lowest BCUT2D eigenvalue weighted by atomic mass is 9.78. The Hall–Kier alpha value is -4.33. The minimum atomic E-state index is -0.875. The average molecular weight is 473 g/mol. The zero-order chi connectivity index (χ0) is 25.0. The van der Waals surface area contributed by atoms with Crippen molar-refractivity contribution in [3.63, 3.8) is 0 Å². The second kappa shape index (κ2) is 9.89. The van der Waals surface area contributed by atoms with E-state index >= 15 is 0 Å². The lowest BCUT2D eigenvalue weighted by molar-refractivity contribution is -0.120. The molecule has 8 heteroatoms. The number of H-pyrrole nitrogens is 1. The van der Waals surface area contributed by atoms with Gasteiger partial charge in [0, 0.05) is 35.1 Å². The molecular formula is C27H28N4O4. The van der Waals surface area contributed by atoms with Crippen molar-refractivity contribution in [1.29, 1.82) is 0 Å². The van der Waals surface area contributed by atoms with Crippen molar-refractivity contribution in [2.75, 3.05) is 24.4 Å². The van der Waals surface area contributed by atoms with Gasteiger partial charge >= 0.3 is 5.97 Å². The number of benzene rings is 2. The molecule has 35 heavy (non-hydrogen) atoms. The van der Waals surface area contributed by atoms with E-state index in [0.717, 1.165) is 28.2 Å². The third kappa shape index (κ3) is 4.55. The molecule has 0 saturated carbocycles. The normalized spacial score (nSPS) is 16.6. The first kappa shape index (κ1) is 23.8. The molecule has 2 heterocycles. The topological polar surface area (TPSA) is 105 Å². The Morgan fingerprint density at radius 1 is 1.20 bits per heavy atom. The van der Waals surface area contributed by atoms with Crippen molar-refractivity contribution >= 4 is 41.4 Å². The fourth-order valence-electron chi connectivity index (χ4n) is 4.28. The quantitative estimate of drug-likeness (QED) is 0.229. The van der Waals surface area contributed by atoms with Gasteiger partial charge in [0.2, 0.25) is 5.91 Å². The molecule has 1 aliphatic rings. The Balaban J connectivity index is 1.64. The number of aliphatic imine (C=N–C) groups is 1. The van der Waals surface area contributed by atoms with Crippen molar-refractivity contribution in [1.82, 2.24) is 4.98 Å². The van der Waals surface area contributed by atoms with Crippen LogP contribution in [-0.4, -0.2) is 36.9 Å². The van der Waals surface area contributed by atoms with Gasteiger partial charge in [-0.05, 0) is 50.2 Å². The highest BCUT2D eigenvalue weighted by atomic mass is 16.5. The second-order valence-electron chi connectivity index (χ2n) is 8.32. The number of ether oxygens (including phenoxy) is 2. The molecule has 180 valence electrons. The van der Waals surface area contributed by atoms with Crippen LogP contribution < -0.4 is 15.4 Å². The maximum Gasteiger partial charge on any atom is 0.338 e. The summed E-state index contributed by atoms with van der Waals surface area (Å²) >= 11 is 0. The van der Waals surface area contributed by atoms with E-state index in [-0.39, 0.29) is 11.9 Å². The smallest absolute Gasteiger partial charge is 0.338 e. The highest BCUT2D eigenvalue weighted by Gasteiger charge is 2.45. The van der Waals surface area contributed by atoms with E-state index in [0.29, 0.717) is 30.0 Å². The van der Waals surface area contributed by atoms with Crippen LogP contribution in [0, 0.1) is 0 Å². The zero-order valence-corrected chi connectivity index (χ0v) is 20.0. The molecule has 0 saturated heterocycles. The first-order valence-corrected chi connectivity index (χ1v) is 11.3. The molecule has 3 aromatic rings. The molecule has 0 radical (unpaired) electrons. The van der Waals surface area contributed by atoms with Gasteiger partial charge in [-0.2, -0.15) is 0 Å². The van der Waals surface area contributed by atoms with E-state index in [1.165, 1.54) is 0 Å². The van der Waals surface area contributed by atoms with Gasteiger partial charge in [0.1, 0.15) is 5.75 Å². The summed E-state index contributed by atoms with van der Waals surface area (Å²) in [6, 6.07) is 12.5. The minimum absolute atomic E-state index is 0.107. The monoisotopic (exact) mass is 472 g/mol. The predicted molar refractivity (Wildman–Crippen MR) is 138 cm³/mol. The molecule has 1 aliphatic heterocycles. The van der Waals surface area contributed by atoms with E-state index < -0.39 is 5.41 Å². The number of aromatic nitrogens is 1. The fraction of sp³-hybridized carbons (Fsp3) is 0.222. The van der Waals surface area contributed by atoms with Crippen LogP contribution >= 0.6 is 0 Å². The number of methoxy groups -OCH3 is 1. The van der Waals surface area contributed by atoms with Crippen LogP contribution in [-0.2, 0) is 21.4 Å². The van der Waals surface area contributed by atoms with E-state index in [2.05, 4.69) is 22.2 Å². The van der Waals surface area contributed by atoms with E-state index in [9.17, 15) is 9.59 Å². The van der Waals surface area contributed by atoms with Gasteiger partial charge in [0.15, 0.2) is 0 Å². The van der Waals surface area contributed by atoms with Crippen molar-refractivity contribution in [3.8, 4) is 5.75 Å². The van der Waals surface area contributed by atoms with Crippen molar-refractivity contribution in [3.05, 3.63) is 77.6 Å². The molecule has 3 N–H and O–H groups in total. The molecule has 2 aromatic carbocycles. The standard InChI is InChI=1S/C27H28N4O4/c1-5-17-9-12-20-23(27(3,26(33)31-20)15-21-22(34-4)13-14-28-21)24(17)30-16-29-19-10-7-18(8-11-19)25(32)35-6-2/h5,7-14,16,28H,1,6,15H2,2-4H3,(H,29,30)(H,31,33). The van der Waals surface area contributed by atoms with Crippen molar-refractivity contribution in [2.45, 2.75) is 25.7 Å². The van der Waals surface area contributed by atoms with E-state index in [1.54, 1.807) is 56.9 Å². The highest BCUT2D eigenvalue weighted by molar-refractivity contribution is 6.09. The zero-order valence-electron chi connectivity index (χ0n) is 20.0. The number of anilines is 2. The molecular weight excluding hydrogens is 444 g/mol. The molecule has 1 aromatic heterocycles. The van der Waals surface area contributed by atoms with Crippen LogP contribution in [0.1, 0.15) is 41.0 Å². The molecule has 8 nitrogen and oxygen atoms in total. The van der Waals surface area contributed by atoms with Crippen LogP contribution in [0.3, 0.4) is 0 Å². The number of nitrogens with zero attached hydrogens (tertiary/aromatic N) is 1. The van der Waals surface area contributed by atoms with Crippen LogP contribution in [0.4, 0.5) is 17.1 Å². The highest BCUT2D eigenvalue weighted by Crippen LogP contribution is 2.47. The molecule has 0 fully saturated rings. The van der Waals surface area contributed by atoms with Gasteiger partial charge in [0.05, 0.1) is 42.4 Å². The fourth-order valence-corrected chi connectivity index (χ4v) is 4.28. The predicted octanol–water partition coefficient (Wildman–Crippen LogP) is 5.07. The van der Waals surface area contributed by atoms with Gasteiger partial charge in [-0.25, -0.2) is 9.79 Å². The number of hydrogen-bond acceptors (Lipinski definition) is 5. The van der Waals surface area contributed by atoms with Gasteiger partial charge in [-0.3, -0.25) is 4.79 Å². The molecule has 4 rings (SSSR count). The SMILES string of the molecule is C=Cc1ccc2c(c1N=CNc1ccc(C(=O)OCC)cc1)C(C)(Cc1[nH]ccc1OC)C(=O)N2. The number of esters is 1. The average Bonchev–Trinajstić information content (AvgIpc) is 3.41. The van der Waals surface area contributed by atoms with Crippen molar-refractivity contribution < 1.29 is 19.1 Å². The Morgan fingerprint density at radius 2 is 1.97 bits per heavy atom. The molecule has 0 spiro atoms. The third-order valence-corrected chi connectivity index (χ3v) is 6.09. The molecule has 1 amide bonds. The van der Waals surface area contributed by atoms with Gasteiger partial charge in [-0.15, -0.1) is 0 Å². The number of aromatic amines is 1. The lowest BCUT2D eigenvalue weighted by Crippen LogP contribution is -2.33. The number of hydrogen-bond donors (Lipinski definition) is 3. The Labute approximate surface area is 204 Å². The molecule has 0 bridgehead atoms. The third-order valence-electron chi connectivity index (χ3n) is 6.09. The van der Waals surface area contributed by atoms with Crippen LogP contribution in [0.5, 0.6) is 5.75 Å².